The number of H-pyrrole nitrogens is 1. The second-order valence-corrected chi connectivity index (χ2v) is 11.1. The number of fused-ring (bicyclic) bond motifs is 8. The summed E-state index contributed by atoms with van der Waals surface area (Å²) < 4.78 is 1.78. The van der Waals surface area contributed by atoms with Gasteiger partial charge in [-0.05, 0) is 82.0 Å². The molecular weight excluding hydrogens is 486 g/mol. The number of aromatic nitrogens is 4. The number of carbonyl (C=O) groups excluding carboxylic acids is 2. The van der Waals surface area contributed by atoms with Gasteiger partial charge in [0.15, 0.2) is 6.03 Å². The van der Waals surface area contributed by atoms with Gasteiger partial charge in [-0.1, -0.05) is 30.3 Å². The fourth-order valence-electron chi connectivity index (χ4n) is 5.71. The first kappa shape index (κ1) is 21.8. The van der Waals surface area contributed by atoms with Crippen LogP contribution >= 0.6 is 17.3 Å². The quantitative estimate of drug-likeness (QED) is 0.207. The molecule has 2 aromatic heterocycles. The van der Waals surface area contributed by atoms with Crippen LogP contribution in [0.5, 0.6) is 0 Å². The second kappa shape index (κ2) is 8.58. The maximum absolute atomic E-state index is 11.0. The Morgan fingerprint density at radius 2 is 1.78 bits per heavy atom. The van der Waals surface area contributed by atoms with Crippen LogP contribution in [0.25, 0.3) is 44.4 Å². The zero-order chi connectivity index (χ0) is 24.2. The normalized spacial score (nSPS) is 14.2. The van der Waals surface area contributed by atoms with Crippen molar-refractivity contribution in [1.82, 2.24) is 19.5 Å². The van der Waals surface area contributed by atoms with Crippen molar-refractivity contribution in [3.05, 3.63) is 77.1 Å². The van der Waals surface area contributed by atoms with Crippen molar-refractivity contribution in [2.24, 2.45) is 0 Å². The summed E-state index contributed by atoms with van der Waals surface area (Å²) in [7, 11) is -0.0342. The highest BCUT2D eigenvalue weighted by Gasteiger charge is 2.25. The first-order valence-electron chi connectivity index (χ1n) is 11.9. The van der Waals surface area contributed by atoms with Crippen molar-refractivity contribution in [3.8, 4) is 33.6 Å². The fourth-order valence-corrected chi connectivity index (χ4v) is 6.62. The Hall–Kier alpha value is -3.46. The number of hydrogen-bond donors (Lipinski definition) is 1. The van der Waals surface area contributed by atoms with Crippen LogP contribution in [-0.2, 0) is 35.3 Å². The van der Waals surface area contributed by atoms with E-state index in [9.17, 15) is 9.59 Å². The molecule has 3 aromatic carbocycles. The monoisotopic (exact) mass is 507 g/mol. The van der Waals surface area contributed by atoms with E-state index in [1.165, 1.54) is 49.7 Å². The van der Waals surface area contributed by atoms with E-state index in [-0.39, 0.29) is 17.3 Å². The molecule has 6 nitrogen and oxygen atoms in total. The van der Waals surface area contributed by atoms with E-state index in [4.69, 9.17) is 5.10 Å². The molecule has 2 unspecified atom stereocenters. The third-order valence-corrected chi connectivity index (χ3v) is 8.54. The van der Waals surface area contributed by atoms with Gasteiger partial charge in [0.2, 0.25) is 0 Å². The van der Waals surface area contributed by atoms with E-state index in [0.717, 1.165) is 48.7 Å². The summed E-state index contributed by atoms with van der Waals surface area (Å²) in [6.45, 7) is 0. The van der Waals surface area contributed by atoms with Gasteiger partial charge in [-0.25, -0.2) is 15.5 Å². The lowest BCUT2D eigenvalue weighted by molar-refractivity contribution is 0.568. The molecular formula is C28H21N4O2P2-. The van der Waals surface area contributed by atoms with E-state index in [0.29, 0.717) is 5.57 Å². The first-order valence-corrected chi connectivity index (χ1v) is 13.9. The molecule has 176 valence electrons. The molecule has 1 N–H and O–H groups in total. The fraction of sp³-hybridized carbons (Fsp3) is 0.143. The lowest BCUT2D eigenvalue weighted by atomic mass is 9.79. The summed E-state index contributed by atoms with van der Waals surface area (Å²) >= 11 is 0. The summed E-state index contributed by atoms with van der Waals surface area (Å²) in [5.41, 5.74) is 12.9. The van der Waals surface area contributed by atoms with Crippen LogP contribution in [0.4, 0.5) is 0 Å². The van der Waals surface area contributed by atoms with Crippen LogP contribution < -0.4 is 5.57 Å². The zero-order valence-electron chi connectivity index (χ0n) is 19.3. The molecule has 0 aliphatic heterocycles. The summed E-state index contributed by atoms with van der Waals surface area (Å²) in [6.07, 6.45) is 7.76. The number of hydrogen-bond acceptors (Lipinski definition) is 4. The Kier molecular flexibility index (Phi) is 5.20. The molecule has 36 heavy (non-hydrogen) atoms. The van der Waals surface area contributed by atoms with Gasteiger partial charge in [-0.3, -0.25) is 4.79 Å². The van der Waals surface area contributed by atoms with Gasteiger partial charge in [-0.2, -0.15) is 13.7 Å². The Labute approximate surface area is 211 Å². The molecule has 2 aliphatic carbocycles. The Balaban J connectivity index is 1.29. The maximum atomic E-state index is 11.0. The molecule has 0 saturated heterocycles. The number of nitrogens with one attached hydrogen (secondary N) is 1. The summed E-state index contributed by atoms with van der Waals surface area (Å²) in [5.74, 6) is 0. The minimum Gasteiger partial charge on any atom is -0.537 e. The molecule has 7 rings (SSSR count). The van der Waals surface area contributed by atoms with E-state index >= 15 is 0 Å². The van der Waals surface area contributed by atoms with Crippen LogP contribution in [0, 0.1) is 0 Å². The van der Waals surface area contributed by atoms with Gasteiger partial charge in [0.05, 0.1) is 31.9 Å². The Bertz CT molecular complexity index is 1700. The molecule has 8 heteroatoms. The van der Waals surface area contributed by atoms with Gasteiger partial charge in [0.25, 0.3) is 0 Å². The van der Waals surface area contributed by atoms with Crippen molar-refractivity contribution in [3.63, 3.8) is 0 Å². The standard InChI is InChI=1S/C28H21N4O2P2/c33-14-35-28-29-12-26(30-28)19-5-6-21-16(9-19)3-8-23-22(21)7-4-17-11-25-18(10-24(17)23)1-2-20-13-32(36-15-34)31-27(20)25/h3,5-6,8-13,15,35-36H,1-2,4,7H2,(H,29,30)/q-1. The number of nitrogens with zero attached hydrogens (tertiary/aromatic N) is 3. The van der Waals surface area contributed by atoms with E-state index in [2.05, 4.69) is 52.4 Å². The summed E-state index contributed by atoms with van der Waals surface area (Å²) in [4.78, 5) is 29.2. The molecule has 5 aromatic rings. The van der Waals surface area contributed by atoms with Crippen LogP contribution in [0.1, 0.15) is 22.3 Å². The third-order valence-electron chi connectivity index (χ3n) is 7.34. The molecule has 0 spiro atoms. The molecule has 2 aliphatic rings. The number of rotatable bonds is 5. The van der Waals surface area contributed by atoms with Gasteiger partial charge >= 0.3 is 0 Å². The molecule has 0 fully saturated rings. The second-order valence-electron chi connectivity index (χ2n) is 9.26. The molecule has 0 amide bonds. The topological polar surface area (TPSA) is 80.6 Å². The van der Waals surface area contributed by atoms with E-state index in [1.807, 2.05) is 12.2 Å². The first-order chi connectivity index (χ1) is 17.7. The largest absolute Gasteiger partial charge is 0.537 e. The van der Waals surface area contributed by atoms with E-state index < -0.39 is 0 Å². The average Bonchev–Trinajstić information content (AvgIpc) is 3.54. The summed E-state index contributed by atoms with van der Waals surface area (Å²) in [6, 6.07) is 18.6. The predicted octanol–water partition coefficient (Wildman–Crippen LogP) is 4.96. The van der Waals surface area contributed by atoms with Crippen LogP contribution in [0.2, 0.25) is 0 Å². The number of benzene rings is 3. The summed E-state index contributed by atoms with van der Waals surface area (Å²) in [5, 5.41) is 7.23. The van der Waals surface area contributed by atoms with Crippen LogP contribution in [0.3, 0.4) is 0 Å². The smallest absolute Gasteiger partial charge is 0.161 e. The molecule has 0 bridgehead atoms. The number of imidazole rings is 1. The minimum atomic E-state index is -0.0775. The van der Waals surface area contributed by atoms with Crippen molar-refractivity contribution >= 4 is 45.7 Å². The molecule has 0 radical (unpaired) electrons. The van der Waals surface area contributed by atoms with Crippen LogP contribution in [0.15, 0.2) is 54.9 Å². The van der Waals surface area contributed by atoms with Crippen molar-refractivity contribution in [2.45, 2.75) is 25.7 Å². The highest BCUT2D eigenvalue weighted by Crippen LogP contribution is 2.43. The Morgan fingerprint density at radius 3 is 2.67 bits per heavy atom. The highest BCUT2D eigenvalue weighted by atomic mass is 31.1. The number of aryl methyl sites for hydroxylation is 4. The third kappa shape index (κ3) is 3.48. The van der Waals surface area contributed by atoms with Crippen molar-refractivity contribution in [1.29, 1.82) is 0 Å². The minimum absolute atomic E-state index is 0.0432. The lowest BCUT2D eigenvalue weighted by Gasteiger charge is -2.25. The predicted molar refractivity (Wildman–Crippen MR) is 147 cm³/mol. The van der Waals surface area contributed by atoms with Gasteiger partial charge in [-0.15, -0.1) is 0 Å². The SMILES string of the molecule is O=[C-]Pc1ncc(-c2ccc3c4c(ccc3c2)-c2cc3c(cc2CC4)-c2nn(PC=O)cc2CC3)[nH]1. The van der Waals surface area contributed by atoms with Crippen molar-refractivity contribution in [2.75, 3.05) is 0 Å². The molecule has 2 atom stereocenters. The van der Waals surface area contributed by atoms with Gasteiger partial charge < -0.3 is 9.78 Å². The maximum Gasteiger partial charge on any atom is 0.161 e. The number of carbonyl (C=O) groups is 1. The van der Waals surface area contributed by atoms with Crippen LogP contribution in [-0.4, -0.2) is 31.6 Å². The van der Waals surface area contributed by atoms with E-state index in [1.54, 1.807) is 10.6 Å². The zero-order valence-corrected chi connectivity index (χ0v) is 21.3. The lowest BCUT2D eigenvalue weighted by Crippen LogP contribution is -2.09. The van der Waals surface area contributed by atoms with Gasteiger partial charge in [0, 0.05) is 17.3 Å². The molecule has 2 heterocycles. The van der Waals surface area contributed by atoms with Gasteiger partial charge in [0.1, 0.15) is 0 Å². The highest BCUT2D eigenvalue weighted by molar-refractivity contribution is 7.62. The Morgan fingerprint density at radius 1 is 0.944 bits per heavy atom. The molecule has 0 saturated carbocycles. The number of aromatic amines is 1. The van der Waals surface area contributed by atoms with Crippen molar-refractivity contribution < 1.29 is 9.59 Å². The average molecular weight is 507 g/mol.